The average Bonchev–Trinajstić information content (AvgIpc) is 2.16. The van der Waals surface area contributed by atoms with Crippen molar-refractivity contribution in [3.05, 3.63) is 12.3 Å². The van der Waals surface area contributed by atoms with Crippen LogP contribution in [-0.4, -0.2) is 33.0 Å². The molecule has 13 heavy (non-hydrogen) atoms. The van der Waals surface area contributed by atoms with E-state index in [0.717, 1.165) is 0 Å². The van der Waals surface area contributed by atoms with Crippen molar-refractivity contribution in [1.82, 2.24) is 0 Å². The molecule has 0 amide bonds. The summed E-state index contributed by atoms with van der Waals surface area (Å²) in [5, 5.41) is 3.16. The molecule has 0 aliphatic heterocycles. The summed E-state index contributed by atoms with van der Waals surface area (Å²) in [5.74, 6) is 0. The molecule has 0 bridgehead atoms. The summed E-state index contributed by atoms with van der Waals surface area (Å²) in [6, 6.07) is 0. The Kier molecular flexibility index (Phi) is 8.75. The Morgan fingerprint density at radius 1 is 1.23 bits per heavy atom. The van der Waals surface area contributed by atoms with Gasteiger partial charge in [-0.15, -0.1) is 0 Å². The Hall–Kier alpha value is -0.780. The minimum Gasteiger partial charge on any atom is -0.379 e. The number of nitrogens with one attached hydrogen (secondary N) is 1. The van der Waals surface area contributed by atoms with Gasteiger partial charge in [0.15, 0.2) is 0 Å². The Bertz CT molecular complexity index is 150. The molecule has 0 unspecified atom stereocenters. The molecule has 5 heteroatoms. The Morgan fingerprint density at radius 3 is 2.38 bits per heavy atom. The fraction of sp³-hybridized carbons (Fsp3) is 0.750. The normalized spacial score (nSPS) is 9.92. The molecule has 0 fully saturated rings. The van der Waals surface area contributed by atoms with Crippen molar-refractivity contribution >= 4 is 0 Å². The number of nitrogens with zero attached hydrogens (tertiary/aromatic N) is 1. The van der Waals surface area contributed by atoms with E-state index in [0.29, 0.717) is 45.1 Å². The van der Waals surface area contributed by atoms with Crippen LogP contribution in [0.1, 0.15) is 6.42 Å². The zero-order valence-electron chi connectivity index (χ0n) is 7.79. The van der Waals surface area contributed by atoms with Crippen LogP contribution in [0.2, 0.25) is 0 Å². The highest BCUT2D eigenvalue weighted by atomic mass is 16.5. The van der Waals surface area contributed by atoms with Gasteiger partial charge in [-0.1, -0.05) is 6.58 Å². The second-order valence-corrected chi connectivity index (χ2v) is 2.44. The minimum atomic E-state index is 0.530. The van der Waals surface area contributed by atoms with E-state index in [1.807, 2.05) is 0 Å². The Balaban J connectivity index is 2.99. The number of hydrogen-bond donors (Lipinski definition) is 2. The maximum absolute atomic E-state index is 6.61. The summed E-state index contributed by atoms with van der Waals surface area (Å²) in [5.41, 5.74) is 12.4. The molecule has 0 heterocycles. The fourth-order valence-corrected chi connectivity index (χ4v) is 0.651. The van der Waals surface area contributed by atoms with Gasteiger partial charge in [0.2, 0.25) is 0 Å². The third kappa shape index (κ3) is 9.13. The van der Waals surface area contributed by atoms with Crippen LogP contribution in [0.25, 0.3) is 0 Å². The highest BCUT2D eigenvalue weighted by molar-refractivity contribution is 4.87. The van der Waals surface area contributed by atoms with Crippen LogP contribution in [0.5, 0.6) is 0 Å². The summed E-state index contributed by atoms with van der Waals surface area (Å²) < 4.78 is 10.3. The Morgan fingerprint density at radius 2 is 1.85 bits per heavy atom. The van der Waals surface area contributed by atoms with Gasteiger partial charge in [-0.05, 0) is 0 Å². The van der Waals surface area contributed by atoms with E-state index in [9.17, 15) is 0 Å². The van der Waals surface area contributed by atoms with E-state index in [2.05, 4.69) is 11.7 Å². The van der Waals surface area contributed by atoms with Crippen molar-refractivity contribution in [2.75, 3.05) is 33.0 Å². The zero-order valence-corrected chi connectivity index (χ0v) is 7.79. The van der Waals surface area contributed by atoms with E-state index in [4.69, 9.17) is 20.7 Å². The lowest BCUT2D eigenvalue weighted by atomic mass is 10.4. The van der Waals surface area contributed by atoms with Gasteiger partial charge in [-0.3, -0.25) is 0 Å². The van der Waals surface area contributed by atoms with Gasteiger partial charge in [-0.2, -0.15) is 5.11 Å². The van der Waals surface area contributed by atoms with Crippen LogP contribution in [0.3, 0.4) is 0 Å². The molecule has 76 valence electrons. The van der Waals surface area contributed by atoms with Crippen LogP contribution in [-0.2, 0) is 9.47 Å². The summed E-state index contributed by atoms with van der Waals surface area (Å²) in [7, 11) is 0. The zero-order chi connectivity index (χ0) is 9.94. The van der Waals surface area contributed by atoms with Crippen molar-refractivity contribution in [1.29, 1.82) is 5.53 Å². The first-order valence-electron chi connectivity index (χ1n) is 4.22. The molecule has 0 spiro atoms. The molecule has 0 aromatic carbocycles. The first-order chi connectivity index (χ1) is 6.31. The van der Waals surface area contributed by atoms with Crippen LogP contribution >= 0.6 is 0 Å². The van der Waals surface area contributed by atoms with E-state index in [-0.39, 0.29) is 0 Å². The summed E-state index contributed by atoms with van der Waals surface area (Å²) in [6.45, 7) is 6.28. The lowest BCUT2D eigenvalue weighted by Gasteiger charge is -2.03. The molecular formula is C8H17N3O2. The number of rotatable bonds is 9. The van der Waals surface area contributed by atoms with Gasteiger partial charge in [0.25, 0.3) is 0 Å². The molecule has 0 aromatic heterocycles. The topological polar surface area (TPSA) is 80.7 Å². The minimum absolute atomic E-state index is 0.530. The number of hydrogen-bond acceptors (Lipinski definition) is 5. The molecule has 0 aromatic rings. The van der Waals surface area contributed by atoms with E-state index in [1.54, 1.807) is 0 Å². The lowest BCUT2D eigenvalue weighted by Crippen LogP contribution is -2.12. The van der Waals surface area contributed by atoms with Gasteiger partial charge in [0, 0.05) is 13.0 Å². The van der Waals surface area contributed by atoms with Crippen molar-refractivity contribution in [3.63, 3.8) is 0 Å². The first kappa shape index (κ1) is 12.2. The van der Waals surface area contributed by atoms with E-state index in [1.165, 1.54) is 0 Å². The van der Waals surface area contributed by atoms with E-state index >= 15 is 0 Å². The van der Waals surface area contributed by atoms with Crippen LogP contribution in [0.15, 0.2) is 17.4 Å². The fourth-order valence-electron chi connectivity index (χ4n) is 0.651. The highest BCUT2D eigenvalue weighted by Gasteiger charge is 1.92. The Labute approximate surface area is 78.4 Å². The van der Waals surface area contributed by atoms with Gasteiger partial charge in [-0.25, -0.2) is 5.53 Å². The molecule has 0 rings (SSSR count). The van der Waals surface area contributed by atoms with Gasteiger partial charge in [0.05, 0.1) is 32.1 Å². The van der Waals surface area contributed by atoms with Crippen molar-refractivity contribution in [2.24, 2.45) is 10.8 Å². The number of nitrogens with two attached hydrogens (primary N) is 1. The predicted octanol–water partition coefficient (Wildman–Crippen LogP) is 0.913. The summed E-state index contributed by atoms with van der Waals surface area (Å²) >= 11 is 0. The van der Waals surface area contributed by atoms with Crippen LogP contribution in [0.4, 0.5) is 0 Å². The molecule has 0 aliphatic carbocycles. The number of ether oxygens (including phenoxy) is 2. The molecule has 3 N–H and O–H groups in total. The highest BCUT2D eigenvalue weighted by Crippen LogP contribution is 1.98. The molecular weight excluding hydrogens is 170 g/mol. The molecule has 0 aliphatic rings. The van der Waals surface area contributed by atoms with Crippen molar-refractivity contribution in [2.45, 2.75) is 6.42 Å². The predicted molar refractivity (Wildman–Crippen MR) is 49.6 cm³/mol. The molecule has 5 nitrogen and oxygen atoms in total. The van der Waals surface area contributed by atoms with Gasteiger partial charge < -0.3 is 15.2 Å². The third-order valence-electron chi connectivity index (χ3n) is 1.33. The summed E-state index contributed by atoms with van der Waals surface area (Å²) in [6.07, 6.45) is 0.598. The average molecular weight is 187 g/mol. The maximum atomic E-state index is 6.61. The second-order valence-electron chi connectivity index (χ2n) is 2.44. The van der Waals surface area contributed by atoms with Crippen molar-refractivity contribution in [3.8, 4) is 0 Å². The van der Waals surface area contributed by atoms with E-state index < -0.39 is 0 Å². The van der Waals surface area contributed by atoms with Gasteiger partial charge in [0.1, 0.15) is 0 Å². The molecule has 0 radical (unpaired) electrons. The molecule has 0 saturated heterocycles. The first-order valence-corrected chi connectivity index (χ1v) is 4.22. The molecule has 0 saturated carbocycles. The second kappa shape index (κ2) is 9.31. The third-order valence-corrected chi connectivity index (χ3v) is 1.33. The van der Waals surface area contributed by atoms with Crippen molar-refractivity contribution < 1.29 is 9.47 Å². The molecule has 0 atom stereocenters. The largest absolute Gasteiger partial charge is 0.379 e. The van der Waals surface area contributed by atoms with Gasteiger partial charge >= 0.3 is 0 Å². The van der Waals surface area contributed by atoms with Crippen LogP contribution < -0.4 is 5.73 Å². The lowest BCUT2D eigenvalue weighted by molar-refractivity contribution is 0.0518. The standard InChI is InChI=1S/C8H17N3O2/c1-8(11-10)2-4-12-6-7-13-5-3-9/h10H,1-7,9H2. The van der Waals surface area contributed by atoms with Crippen LogP contribution in [0, 0.1) is 5.53 Å². The maximum Gasteiger partial charge on any atom is 0.0701 e. The quantitative estimate of drug-likeness (QED) is 0.416. The SMILES string of the molecule is C=C(CCOCCOCCN)N=N. The monoisotopic (exact) mass is 187 g/mol. The summed E-state index contributed by atoms with van der Waals surface area (Å²) in [4.78, 5) is 0. The smallest absolute Gasteiger partial charge is 0.0701 e.